The predicted octanol–water partition coefficient (Wildman–Crippen LogP) is 11.8. The molecule has 282 valence electrons. The van der Waals surface area contributed by atoms with Crippen molar-refractivity contribution in [3.05, 3.63) is 0 Å². The summed E-state index contributed by atoms with van der Waals surface area (Å²) in [7, 11) is 0. The number of hydrogen-bond donors (Lipinski definition) is 0. The van der Waals surface area contributed by atoms with Crippen molar-refractivity contribution >= 4 is 11.9 Å². The number of rotatable bonds is 17. The van der Waals surface area contributed by atoms with Gasteiger partial charge in [0.15, 0.2) is 0 Å². The Kier molecular flexibility index (Phi) is 17.1. The average Bonchev–Trinajstić information content (AvgIpc) is 3.16. The van der Waals surface area contributed by atoms with E-state index in [0.717, 1.165) is 87.6 Å². The fourth-order valence-corrected chi connectivity index (χ4v) is 10.9. The molecule has 0 aliphatic heterocycles. The van der Waals surface area contributed by atoms with Crippen LogP contribution in [-0.2, 0) is 23.8 Å². The van der Waals surface area contributed by atoms with E-state index in [9.17, 15) is 9.59 Å². The lowest BCUT2D eigenvalue weighted by atomic mass is 9.68. The molecule has 0 aromatic rings. The summed E-state index contributed by atoms with van der Waals surface area (Å²) < 4.78 is 18.5. The molecule has 5 saturated carbocycles. The first-order valence-electron chi connectivity index (χ1n) is 22.0. The molecule has 0 amide bonds. The third-order valence-electron chi connectivity index (χ3n) is 14.3. The fourth-order valence-electron chi connectivity index (χ4n) is 10.9. The van der Waals surface area contributed by atoms with Crippen LogP contribution in [0.4, 0.5) is 0 Å². The van der Waals surface area contributed by atoms with E-state index in [0.29, 0.717) is 12.0 Å². The van der Waals surface area contributed by atoms with Crippen LogP contribution in [0.5, 0.6) is 0 Å². The summed E-state index contributed by atoms with van der Waals surface area (Å²) in [5, 5.41) is 0. The van der Waals surface area contributed by atoms with E-state index >= 15 is 0 Å². The van der Waals surface area contributed by atoms with Crippen molar-refractivity contribution in [3.63, 3.8) is 0 Å². The summed E-state index contributed by atoms with van der Waals surface area (Å²) in [6.07, 6.45) is 34.5. The fraction of sp³-hybridized carbons (Fsp3) is 0.955. The molecule has 0 spiro atoms. The van der Waals surface area contributed by atoms with Gasteiger partial charge >= 0.3 is 11.9 Å². The van der Waals surface area contributed by atoms with Gasteiger partial charge in [-0.1, -0.05) is 84.5 Å². The minimum atomic E-state index is -0.270. The molecule has 0 radical (unpaired) electrons. The molecule has 0 aromatic carbocycles. The molecular formula is C44H76O5. The second-order valence-corrected chi connectivity index (χ2v) is 17.6. The van der Waals surface area contributed by atoms with Gasteiger partial charge in [0.2, 0.25) is 0 Å². The SMILES string of the molecule is CCCCCOC1CCC(C2CCC(C(=O)OCC(OC(=O)C3CCC(C4CCC(CCCCC)CC4)CC3)C3CCCCC3)CC2)CC1. The van der Waals surface area contributed by atoms with Crippen LogP contribution in [-0.4, -0.2) is 37.4 Å². The third-order valence-corrected chi connectivity index (χ3v) is 14.3. The van der Waals surface area contributed by atoms with Gasteiger partial charge in [0, 0.05) is 6.61 Å². The summed E-state index contributed by atoms with van der Waals surface area (Å²) in [5.41, 5.74) is 0. The number of carbonyl (C=O) groups is 2. The molecule has 0 heterocycles. The van der Waals surface area contributed by atoms with Crippen LogP contribution in [0.1, 0.15) is 194 Å². The van der Waals surface area contributed by atoms with E-state index in [1.54, 1.807) is 0 Å². The van der Waals surface area contributed by atoms with Gasteiger partial charge in [0.1, 0.15) is 12.7 Å². The normalized spacial score (nSPS) is 33.8. The first kappa shape index (κ1) is 39.1. The third kappa shape index (κ3) is 12.5. The van der Waals surface area contributed by atoms with Gasteiger partial charge in [0.05, 0.1) is 17.9 Å². The Morgan fingerprint density at radius 2 is 1.06 bits per heavy atom. The molecule has 0 saturated heterocycles. The maximum atomic E-state index is 13.6. The summed E-state index contributed by atoms with van der Waals surface area (Å²) in [5.74, 6) is 4.51. The van der Waals surface area contributed by atoms with Crippen LogP contribution in [0.25, 0.3) is 0 Å². The lowest BCUT2D eigenvalue weighted by Gasteiger charge is -2.38. The molecule has 1 atom stereocenters. The predicted molar refractivity (Wildman–Crippen MR) is 199 cm³/mol. The number of esters is 2. The molecule has 5 rings (SSSR count). The summed E-state index contributed by atoms with van der Waals surface area (Å²) in [4.78, 5) is 26.9. The van der Waals surface area contributed by atoms with E-state index < -0.39 is 0 Å². The largest absolute Gasteiger partial charge is 0.462 e. The van der Waals surface area contributed by atoms with Gasteiger partial charge < -0.3 is 14.2 Å². The Balaban J connectivity index is 1.00. The highest BCUT2D eigenvalue weighted by Gasteiger charge is 2.37. The highest BCUT2D eigenvalue weighted by Crippen LogP contribution is 2.44. The van der Waals surface area contributed by atoms with Gasteiger partial charge in [-0.25, -0.2) is 0 Å². The molecule has 5 aliphatic carbocycles. The molecule has 0 N–H and O–H groups in total. The molecule has 5 heteroatoms. The molecule has 0 bridgehead atoms. The number of carbonyl (C=O) groups excluding carboxylic acids is 2. The van der Waals surface area contributed by atoms with E-state index in [-0.39, 0.29) is 36.5 Å². The van der Waals surface area contributed by atoms with Crippen LogP contribution in [0.3, 0.4) is 0 Å². The zero-order chi connectivity index (χ0) is 34.3. The average molecular weight is 685 g/mol. The molecule has 5 nitrogen and oxygen atoms in total. The second-order valence-electron chi connectivity index (χ2n) is 17.6. The Labute approximate surface area is 301 Å². The van der Waals surface area contributed by atoms with Crippen LogP contribution >= 0.6 is 0 Å². The van der Waals surface area contributed by atoms with Crippen LogP contribution in [0.2, 0.25) is 0 Å². The van der Waals surface area contributed by atoms with E-state index in [2.05, 4.69) is 13.8 Å². The van der Waals surface area contributed by atoms with E-state index in [4.69, 9.17) is 14.2 Å². The zero-order valence-electron chi connectivity index (χ0n) is 32.0. The molecule has 49 heavy (non-hydrogen) atoms. The first-order valence-corrected chi connectivity index (χ1v) is 22.0. The Hall–Kier alpha value is -1.10. The van der Waals surface area contributed by atoms with Crippen molar-refractivity contribution in [2.24, 2.45) is 47.3 Å². The summed E-state index contributed by atoms with van der Waals surface area (Å²) in [6, 6.07) is 0. The minimum absolute atomic E-state index is 0.00806. The molecular weight excluding hydrogens is 608 g/mol. The van der Waals surface area contributed by atoms with Crippen molar-refractivity contribution in [2.45, 2.75) is 206 Å². The second kappa shape index (κ2) is 21.4. The monoisotopic (exact) mass is 685 g/mol. The van der Waals surface area contributed by atoms with E-state index in [1.165, 1.54) is 128 Å². The summed E-state index contributed by atoms with van der Waals surface area (Å²) >= 11 is 0. The number of ether oxygens (including phenoxy) is 3. The maximum absolute atomic E-state index is 13.6. The Bertz CT molecular complexity index is 912. The van der Waals surface area contributed by atoms with Crippen molar-refractivity contribution < 1.29 is 23.8 Å². The van der Waals surface area contributed by atoms with Gasteiger partial charge in [-0.3, -0.25) is 9.59 Å². The maximum Gasteiger partial charge on any atom is 0.309 e. The molecule has 5 aliphatic rings. The van der Waals surface area contributed by atoms with Gasteiger partial charge in [-0.05, 0) is 145 Å². The zero-order valence-corrected chi connectivity index (χ0v) is 32.0. The Morgan fingerprint density at radius 1 is 0.551 bits per heavy atom. The summed E-state index contributed by atoms with van der Waals surface area (Å²) in [6.45, 7) is 5.74. The minimum Gasteiger partial charge on any atom is -0.462 e. The van der Waals surface area contributed by atoms with Gasteiger partial charge in [-0.15, -0.1) is 0 Å². The molecule has 1 unspecified atom stereocenters. The topological polar surface area (TPSA) is 61.8 Å². The smallest absolute Gasteiger partial charge is 0.309 e. The number of unbranched alkanes of at least 4 members (excludes halogenated alkanes) is 4. The quantitative estimate of drug-likeness (QED) is 0.113. The highest BCUT2D eigenvalue weighted by molar-refractivity contribution is 5.73. The lowest BCUT2D eigenvalue weighted by Crippen LogP contribution is -2.38. The van der Waals surface area contributed by atoms with Crippen molar-refractivity contribution in [1.82, 2.24) is 0 Å². The van der Waals surface area contributed by atoms with Crippen LogP contribution < -0.4 is 0 Å². The highest BCUT2D eigenvalue weighted by atomic mass is 16.6. The van der Waals surface area contributed by atoms with Crippen molar-refractivity contribution in [2.75, 3.05) is 13.2 Å². The van der Waals surface area contributed by atoms with Gasteiger partial charge in [-0.2, -0.15) is 0 Å². The standard InChI is InChI=1S/C44H76O5/c1-3-5-8-12-33-15-17-34(18-16-33)35-21-25-40(26-22-35)44(46)49-42(38-13-9-7-10-14-38)32-48-43(45)39-23-19-36(20-24-39)37-27-29-41(30-28-37)47-31-11-6-4-2/h33-42H,3-32H2,1-2H3. The van der Waals surface area contributed by atoms with Crippen LogP contribution in [0, 0.1) is 47.3 Å². The lowest BCUT2D eigenvalue weighted by molar-refractivity contribution is -0.170. The van der Waals surface area contributed by atoms with Crippen LogP contribution in [0.15, 0.2) is 0 Å². The molecule has 5 fully saturated rings. The Morgan fingerprint density at radius 3 is 1.63 bits per heavy atom. The number of hydrogen-bond acceptors (Lipinski definition) is 5. The van der Waals surface area contributed by atoms with Gasteiger partial charge in [0.25, 0.3) is 0 Å². The van der Waals surface area contributed by atoms with Crippen molar-refractivity contribution in [1.29, 1.82) is 0 Å². The first-order chi connectivity index (χ1) is 24.0. The molecule has 0 aromatic heterocycles. The van der Waals surface area contributed by atoms with E-state index in [1.807, 2.05) is 0 Å². The van der Waals surface area contributed by atoms with Crippen molar-refractivity contribution in [3.8, 4) is 0 Å².